The van der Waals surface area contributed by atoms with Crippen LogP contribution >= 0.6 is 0 Å². The van der Waals surface area contributed by atoms with E-state index in [9.17, 15) is 29.4 Å². The predicted molar refractivity (Wildman–Crippen MR) is 151 cm³/mol. The van der Waals surface area contributed by atoms with Gasteiger partial charge in [0.15, 0.2) is 12.4 Å². The van der Waals surface area contributed by atoms with Gasteiger partial charge in [-0.15, -0.1) is 0 Å². The molecule has 0 radical (unpaired) electrons. The highest BCUT2D eigenvalue weighted by molar-refractivity contribution is 6.01. The summed E-state index contributed by atoms with van der Waals surface area (Å²) in [5.41, 5.74) is -1.01. The largest absolute Gasteiger partial charge is 0.458 e. The van der Waals surface area contributed by atoms with Crippen LogP contribution in [0.1, 0.15) is 77.3 Å². The molecule has 1 aromatic rings. The number of amides is 1. The van der Waals surface area contributed by atoms with Gasteiger partial charge in [0.1, 0.15) is 5.60 Å². The Kier molecular flexibility index (Phi) is 7.85. The van der Waals surface area contributed by atoms with Crippen molar-refractivity contribution in [1.82, 2.24) is 5.32 Å². The van der Waals surface area contributed by atoms with E-state index in [0.29, 0.717) is 6.42 Å². The molecule has 1 aromatic carbocycles. The first-order valence-electron chi connectivity index (χ1n) is 14.8. The van der Waals surface area contributed by atoms with Crippen molar-refractivity contribution in [1.29, 1.82) is 0 Å². The summed E-state index contributed by atoms with van der Waals surface area (Å²) >= 11 is 0. The van der Waals surface area contributed by atoms with Gasteiger partial charge >= 0.3 is 5.97 Å². The van der Waals surface area contributed by atoms with Crippen LogP contribution in [0.5, 0.6) is 0 Å². The van der Waals surface area contributed by atoms with Crippen LogP contribution in [0.2, 0.25) is 0 Å². The van der Waals surface area contributed by atoms with E-state index in [1.165, 1.54) is 0 Å². The van der Waals surface area contributed by atoms with Crippen molar-refractivity contribution in [2.75, 3.05) is 6.61 Å². The van der Waals surface area contributed by atoms with Crippen LogP contribution in [-0.2, 0) is 23.9 Å². The normalized spacial score (nSPS) is 36.3. The number of aliphatic hydroxyl groups excluding tert-OH is 1. The lowest BCUT2D eigenvalue weighted by atomic mass is 9.46. The van der Waals surface area contributed by atoms with Crippen molar-refractivity contribution in [3.63, 3.8) is 0 Å². The van der Waals surface area contributed by atoms with E-state index in [0.717, 1.165) is 24.0 Å². The molecule has 1 amide bonds. The number of hydrogen-bond donors (Lipinski definition) is 3. The lowest BCUT2D eigenvalue weighted by Crippen LogP contribution is -2.61. The van der Waals surface area contributed by atoms with Crippen molar-refractivity contribution in [2.45, 2.75) is 83.5 Å². The maximum absolute atomic E-state index is 13.4. The molecule has 8 heteroatoms. The van der Waals surface area contributed by atoms with E-state index in [1.54, 1.807) is 12.2 Å². The van der Waals surface area contributed by atoms with Crippen molar-refractivity contribution < 1.29 is 34.1 Å². The number of ether oxygens (including phenoxy) is 1. The van der Waals surface area contributed by atoms with Crippen molar-refractivity contribution in [3.8, 4) is 0 Å². The summed E-state index contributed by atoms with van der Waals surface area (Å²) in [7, 11) is 0. The lowest BCUT2D eigenvalue weighted by Gasteiger charge is -2.59. The van der Waals surface area contributed by atoms with Crippen LogP contribution in [0.3, 0.4) is 0 Å². The standard InChI is InChI=1S/C33H41NO7/c1-20(21-7-5-4-6-8-21)34-28(38)11-12-29(39)41-19-27(37)33(40)16-14-25-24-10-9-22-17-23(35)13-15-31(22,2)30(24)26(36)18-32(25,33)3/h4-8,13,15,17,20,24-26,30,36,40H,9-12,14,16,18-19H2,1-3H3,(H,34,38)/t20-,24+,25+,26-,30-,31+,32+,33+/m1/s1. The van der Waals surface area contributed by atoms with Gasteiger partial charge in [0.25, 0.3) is 0 Å². The third-order valence-corrected chi connectivity index (χ3v) is 10.7. The molecule has 3 N–H and O–H groups in total. The highest BCUT2D eigenvalue weighted by Gasteiger charge is 2.68. The van der Waals surface area contributed by atoms with E-state index < -0.39 is 40.9 Å². The van der Waals surface area contributed by atoms with E-state index in [-0.39, 0.29) is 61.2 Å². The Labute approximate surface area is 241 Å². The maximum Gasteiger partial charge on any atom is 0.306 e. The minimum absolute atomic E-state index is 0.0141. The van der Waals surface area contributed by atoms with Crippen molar-refractivity contribution in [3.05, 3.63) is 59.7 Å². The number of carbonyl (C=O) groups is 4. The number of Topliss-reactive ketones (excluding diaryl/α,β-unsaturated/α-hetero) is 1. The zero-order valence-electron chi connectivity index (χ0n) is 24.1. The molecule has 0 spiro atoms. The minimum atomic E-state index is -1.72. The monoisotopic (exact) mass is 563 g/mol. The minimum Gasteiger partial charge on any atom is -0.458 e. The Morgan fingerprint density at radius 1 is 1.12 bits per heavy atom. The third-order valence-electron chi connectivity index (χ3n) is 10.7. The van der Waals surface area contributed by atoms with Crippen LogP contribution in [0, 0.1) is 28.6 Å². The van der Waals surface area contributed by atoms with Gasteiger partial charge in [-0.2, -0.15) is 0 Å². The van der Waals surface area contributed by atoms with E-state index in [1.807, 2.05) is 50.3 Å². The van der Waals surface area contributed by atoms with Crippen LogP contribution in [0.4, 0.5) is 0 Å². The summed E-state index contributed by atoms with van der Waals surface area (Å²) < 4.78 is 5.24. The molecule has 5 rings (SSSR count). The number of hydrogen-bond acceptors (Lipinski definition) is 7. The molecule has 8 nitrogen and oxygen atoms in total. The van der Waals surface area contributed by atoms with Gasteiger partial charge in [0, 0.05) is 23.2 Å². The SMILES string of the molecule is C[C@@H](NC(=O)CCC(=O)OCC(=O)[C@@]1(O)CC[C@H]2[C@@H]3CCC4=CC(=O)C=C[C@]4(C)[C@H]3[C@H](O)C[C@@]21C)c1ccccc1. The molecule has 0 aromatic heterocycles. The van der Waals surface area contributed by atoms with Crippen LogP contribution in [0.25, 0.3) is 0 Å². The predicted octanol–water partition coefficient (Wildman–Crippen LogP) is 3.77. The Bertz CT molecular complexity index is 1290. The molecular weight excluding hydrogens is 522 g/mol. The Morgan fingerprint density at radius 3 is 2.59 bits per heavy atom. The van der Waals surface area contributed by atoms with E-state index >= 15 is 0 Å². The molecular formula is C33H41NO7. The van der Waals surface area contributed by atoms with Crippen molar-refractivity contribution in [2.24, 2.45) is 28.6 Å². The highest BCUT2D eigenvalue weighted by atomic mass is 16.5. The molecule has 8 atom stereocenters. The molecule has 3 fully saturated rings. The molecule has 0 heterocycles. The highest BCUT2D eigenvalue weighted by Crippen LogP contribution is 2.67. The quantitative estimate of drug-likeness (QED) is 0.411. The molecule has 0 aliphatic heterocycles. The molecule has 0 bridgehead atoms. The average Bonchev–Trinajstić information content (AvgIpc) is 3.21. The topological polar surface area (TPSA) is 130 Å². The fourth-order valence-corrected chi connectivity index (χ4v) is 8.48. The fraction of sp³-hybridized carbons (Fsp3) is 0.576. The zero-order valence-corrected chi connectivity index (χ0v) is 24.1. The number of ketones is 2. The van der Waals surface area contributed by atoms with Crippen LogP contribution < -0.4 is 5.32 Å². The number of esters is 1. The summed E-state index contributed by atoms with van der Waals surface area (Å²) in [4.78, 5) is 50.2. The Hall–Kier alpha value is -3.10. The maximum atomic E-state index is 13.4. The Balaban J connectivity index is 1.18. The first-order valence-corrected chi connectivity index (χ1v) is 14.8. The molecule has 41 heavy (non-hydrogen) atoms. The van der Waals surface area contributed by atoms with Crippen molar-refractivity contribution >= 4 is 23.4 Å². The van der Waals surface area contributed by atoms with Gasteiger partial charge < -0.3 is 20.3 Å². The average molecular weight is 564 g/mol. The summed E-state index contributed by atoms with van der Waals surface area (Å²) in [6.07, 6.45) is 6.88. The van der Waals surface area contributed by atoms with Gasteiger partial charge in [-0.05, 0) is 68.6 Å². The molecule has 220 valence electrons. The summed E-state index contributed by atoms with van der Waals surface area (Å²) in [6.45, 7) is 5.26. The van der Waals surface area contributed by atoms with E-state index in [2.05, 4.69) is 12.2 Å². The number of benzene rings is 1. The Morgan fingerprint density at radius 2 is 1.85 bits per heavy atom. The third kappa shape index (κ3) is 5.10. The molecule has 4 aliphatic rings. The molecule has 0 saturated heterocycles. The summed E-state index contributed by atoms with van der Waals surface area (Å²) in [5, 5.41) is 26.1. The lowest BCUT2D eigenvalue weighted by molar-refractivity contribution is -0.181. The second kappa shape index (κ2) is 11.0. The van der Waals surface area contributed by atoms with Gasteiger partial charge in [-0.25, -0.2) is 0 Å². The number of rotatable bonds is 8. The van der Waals surface area contributed by atoms with Gasteiger partial charge in [0.05, 0.1) is 18.6 Å². The van der Waals surface area contributed by atoms with Gasteiger partial charge in [-0.3, -0.25) is 19.2 Å². The van der Waals surface area contributed by atoms with Crippen LogP contribution in [0.15, 0.2) is 54.1 Å². The fourth-order valence-electron chi connectivity index (χ4n) is 8.48. The second-order valence-electron chi connectivity index (χ2n) is 12.9. The molecule has 0 unspecified atom stereocenters. The summed E-state index contributed by atoms with van der Waals surface area (Å²) in [5.74, 6) is -1.55. The number of aliphatic hydroxyl groups is 2. The number of fused-ring (bicyclic) bond motifs is 5. The first kappa shape index (κ1) is 29.4. The molecule has 4 aliphatic carbocycles. The van der Waals surface area contributed by atoms with Gasteiger partial charge in [0.2, 0.25) is 11.7 Å². The van der Waals surface area contributed by atoms with E-state index in [4.69, 9.17) is 4.74 Å². The van der Waals surface area contributed by atoms with Crippen LogP contribution in [-0.4, -0.2) is 52.0 Å². The smallest absolute Gasteiger partial charge is 0.306 e. The number of carbonyl (C=O) groups excluding carboxylic acids is 4. The first-order chi connectivity index (χ1) is 19.4. The molecule has 3 saturated carbocycles. The summed E-state index contributed by atoms with van der Waals surface area (Å²) in [6, 6.07) is 9.29. The second-order valence-corrected chi connectivity index (χ2v) is 12.9. The van der Waals surface area contributed by atoms with Gasteiger partial charge in [-0.1, -0.05) is 55.8 Å². The number of allylic oxidation sites excluding steroid dienone is 4. The zero-order chi connectivity index (χ0) is 29.6. The number of nitrogens with one attached hydrogen (secondary N) is 1.